The first-order chi connectivity index (χ1) is 12.3. The maximum Gasteiger partial charge on any atom is 0.264 e. The van der Waals surface area contributed by atoms with Crippen LogP contribution in [-0.4, -0.2) is 30.4 Å². The maximum atomic E-state index is 12.6. The van der Waals surface area contributed by atoms with Crippen molar-refractivity contribution in [1.29, 1.82) is 0 Å². The fraction of sp³-hybridized carbons (Fsp3) is 0.474. The lowest BCUT2D eigenvalue weighted by Crippen LogP contribution is -2.21. The molecule has 0 atom stereocenters. The van der Waals surface area contributed by atoms with Crippen LogP contribution in [0.1, 0.15) is 34.1 Å². The van der Waals surface area contributed by atoms with Gasteiger partial charge < -0.3 is 9.88 Å². The summed E-state index contributed by atoms with van der Waals surface area (Å²) < 4.78 is 3.41. The van der Waals surface area contributed by atoms with Gasteiger partial charge in [-0.25, -0.2) is 9.97 Å². The Kier molecular flexibility index (Phi) is 5.06. The van der Waals surface area contributed by atoms with E-state index in [1.807, 2.05) is 37.0 Å². The Bertz CT molecular complexity index is 970. The highest BCUT2D eigenvalue weighted by atomic mass is 16.1. The van der Waals surface area contributed by atoms with Crippen LogP contribution in [0.25, 0.3) is 22.2 Å². The molecule has 0 aliphatic rings. The summed E-state index contributed by atoms with van der Waals surface area (Å²) >= 11 is 0. The van der Waals surface area contributed by atoms with E-state index in [0.29, 0.717) is 22.6 Å². The van der Waals surface area contributed by atoms with Crippen LogP contribution in [-0.2, 0) is 13.6 Å². The monoisotopic (exact) mass is 354 g/mol. The average Bonchev–Trinajstić information content (AvgIpc) is 3.04. The van der Waals surface area contributed by atoms with E-state index < -0.39 is 0 Å². The minimum absolute atomic E-state index is 0.107. The molecule has 0 fully saturated rings. The summed E-state index contributed by atoms with van der Waals surface area (Å²) in [7, 11) is 1.70. The van der Waals surface area contributed by atoms with E-state index in [1.165, 1.54) is 4.57 Å². The fourth-order valence-electron chi connectivity index (χ4n) is 2.76. The molecule has 138 valence electrons. The van der Waals surface area contributed by atoms with E-state index in [2.05, 4.69) is 29.2 Å². The zero-order valence-electron chi connectivity index (χ0n) is 16.0. The molecule has 3 heterocycles. The molecule has 0 aliphatic carbocycles. The Labute approximate surface area is 153 Å². The molecule has 3 rings (SSSR count). The number of fused-ring (bicyclic) bond motifs is 1. The Morgan fingerprint density at radius 1 is 1.23 bits per heavy atom. The van der Waals surface area contributed by atoms with Crippen molar-refractivity contribution in [3.63, 3.8) is 0 Å². The van der Waals surface area contributed by atoms with E-state index >= 15 is 0 Å². The summed E-state index contributed by atoms with van der Waals surface area (Å²) in [6.45, 7) is 9.31. The van der Waals surface area contributed by atoms with Gasteiger partial charge in [-0.05, 0) is 32.3 Å². The third kappa shape index (κ3) is 3.76. The van der Waals surface area contributed by atoms with Crippen LogP contribution in [0.3, 0.4) is 0 Å². The van der Waals surface area contributed by atoms with Gasteiger partial charge in [0.15, 0.2) is 0 Å². The van der Waals surface area contributed by atoms with Crippen LogP contribution in [0, 0.1) is 5.92 Å². The van der Waals surface area contributed by atoms with Crippen LogP contribution in [0.2, 0.25) is 0 Å². The first kappa shape index (κ1) is 18.1. The number of aromatic nitrogens is 5. The van der Waals surface area contributed by atoms with Crippen molar-refractivity contribution in [3.05, 3.63) is 35.1 Å². The topological polar surface area (TPSA) is 77.6 Å². The zero-order valence-corrected chi connectivity index (χ0v) is 16.0. The first-order valence-corrected chi connectivity index (χ1v) is 9.01. The highest BCUT2D eigenvalue weighted by Crippen LogP contribution is 2.25. The van der Waals surface area contributed by atoms with Crippen molar-refractivity contribution in [2.75, 3.05) is 5.32 Å². The molecule has 26 heavy (non-hydrogen) atoms. The molecule has 0 unspecified atom stereocenters. The average molecular weight is 354 g/mol. The second kappa shape index (κ2) is 7.27. The molecular weight excluding hydrogens is 328 g/mol. The molecule has 0 saturated carbocycles. The van der Waals surface area contributed by atoms with E-state index in [-0.39, 0.29) is 11.6 Å². The summed E-state index contributed by atoms with van der Waals surface area (Å²) in [4.78, 5) is 21.7. The van der Waals surface area contributed by atoms with Gasteiger partial charge in [-0.2, -0.15) is 5.10 Å². The second-order valence-electron chi connectivity index (χ2n) is 7.38. The molecule has 0 aromatic carbocycles. The van der Waals surface area contributed by atoms with E-state index in [9.17, 15) is 4.79 Å². The Hall–Kier alpha value is -2.70. The number of rotatable bonds is 6. The number of hydrogen-bond acceptors (Lipinski definition) is 5. The normalized spacial score (nSPS) is 11.7. The lowest BCUT2D eigenvalue weighted by atomic mass is 10.1. The molecule has 7 heteroatoms. The van der Waals surface area contributed by atoms with Crippen molar-refractivity contribution in [2.24, 2.45) is 13.0 Å². The van der Waals surface area contributed by atoms with Crippen LogP contribution >= 0.6 is 0 Å². The van der Waals surface area contributed by atoms with Gasteiger partial charge in [0.1, 0.15) is 11.2 Å². The number of hydrogen-bond donors (Lipinski definition) is 1. The van der Waals surface area contributed by atoms with Crippen molar-refractivity contribution in [3.8, 4) is 11.3 Å². The van der Waals surface area contributed by atoms with Gasteiger partial charge in [-0.15, -0.1) is 0 Å². The number of anilines is 1. The third-order valence-corrected chi connectivity index (χ3v) is 4.19. The zero-order chi connectivity index (χ0) is 18.8. The molecule has 0 amide bonds. The number of nitrogens with one attached hydrogen (secondary N) is 1. The van der Waals surface area contributed by atoms with E-state index in [1.54, 1.807) is 13.4 Å². The fourth-order valence-corrected chi connectivity index (χ4v) is 2.76. The minimum Gasteiger partial charge on any atom is -0.367 e. The van der Waals surface area contributed by atoms with Gasteiger partial charge in [-0.3, -0.25) is 9.48 Å². The standard InChI is InChI=1S/C19H26N6O/c1-12(2)6-7-25-10-14(9-21-25)15-8-16-17(18(23-15)22-13(3)4)19(26)24(5)11-20-16/h8-13H,6-7H2,1-5H3,(H,22,23). The molecule has 7 nitrogen and oxygen atoms in total. The van der Waals surface area contributed by atoms with Crippen molar-refractivity contribution < 1.29 is 0 Å². The molecule has 0 bridgehead atoms. The first-order valence-electron chi connectivity index (χ1n) is 9.01. The van der Waals surface area contributed by atoms with E-state index in [0.717, 1.165) is 24.2 Å². The predicted molar refractivity (Wildman–Crippen MR) is 104 cm³/mol. The summed E-state index contributed by atoms with van der Waals surface area (Å²) in [6, 6.07) is 2.01. The smallest absolute Gasteiger partial charge is 0.264 e. The quantitative estimate of drug-likeness (QED) is 0.736. The van der Waals surface area contributed by atoms with Gasteiger partial charge in [0.25, 0.3) is 5.56 Å². The Morgan fingerprint density at radius 3 is 2.69 bits per heavy atom. The lowest BCUT2D eigenvalue weighted by molar-refractivity contribution is 0.487. The molecule has 0 spiro atoms. The van der Waals surface area contributed by atoms with Crippen LogP contribution in [0.4, 0.5) is 5.82 Å². The van der Waals surface area contributed by atoms with Crippen LogP contribution in [0.5, 0.6) is 0 Å². The van der Waals surface area contributed by atoms with Gasteiger partial charge >= 0.3 is 0 Å². The third-order valence-electron chi connectivity index (χ3n) is 4.19. The van der Waals surface area contributed by atoms with Gasteiger partial charge in [0, 0.05) is 31.4 Å². The van der Waals surface area contributed by atoms with Crippen molar-refractivity contribution >= 4 is 16.7 Å². The molecule has 0 saturated heterocycles. The molecule has 3 aromatic rings. The lowest BCUT2D eigenvalue weighted by Gasteiger charge is -2.13. The summed E-state index contributed by atoms with van der Waals surface area (Å²) in [5.41, 5.74) is 2.21. The molecule has 0 aliphatic heterocycles. The number of aryl methyl sites for hydroxylation is 2. The van der Waals surface area contributed by atoms with Crippen molar-refractivity contribution in [2.45, 2.75) is 46.7 Å². The van der Waals surface area contributed by atoms with Gasteiger partial charge in [0.05, 0.1) is 23.7 Å². The molecule has 3 aromatic heterocycles. The highest BCUT2D eigenvalue weighted by Gasteiger charge is 2.14. The van der Waals surface area contributed by atoms with E-state index in [4.69, 9.17) is 4.98 Å². The largest absolute Gasteiger partial charge is 0.367 e. The highest BCUT2D eigenvalue weighted by molar-refractivity contribution is 5.91. The molecule has 1 N–H and O–H groups in total. The summed E-state index contributed by atoms with van der Waals surface area (Å²) in [5, 5.41) is 8.23. The van der Waals surface area contributed by atoms with Gasteiger partial charge in [-0.1, -0.05) is 13.8 Å². The molecule has 0 radical (unpaired) electrons. The number of pyridine rings is 1. The summed E-state index contributed by atoms with van der Waals surface area (Å²) in [5.74, 6) is 1.19. The SMILES string of the molecule is CC(C)CCn1cc(-c2cc3ncn(C)c(=O)c3c(NC(C)C)n2)cn1. The minimum atomic E-state index is -0.107. The summed E-state index contributed by atoms with van der Waals surface area (Å²) in [6.07, 6.45) is 6.43. The second-order valence-corrected chi connectivity index (χ2v) is 7.38. The predicted octanol–water partition coefficient (Wildman–Crippen LogP) is 3.06. The van der Waals surface area contributed by atoms with Crippen LogP contribution < -0.4 is 10.9 Å². The van der Waals surface area contributed by atoms with Crippen molar-refractivity contribution in [1.82, 2.24) is 24.3 Å². The maximum absolute atomic E-state index is 12.6. The molecular formula is C19H26N6O. The van der Waals surface area contributed by atoms with Crippen LogP contribution in [0.15, 0.2) is 29.6 Å². The van der Waals surface area contributed by atoms with Gasteiger partial charge in [0.2, 0.25) is 0 Å². The Balaban J connectivity index is 2.07. The Morgan fingerprint density at radius 2 is 2.00 bits per heavy atom. The number of nitrogens with zero attached hydrogens (tertiary/aromatic N) is 5.